The van der Waals surface area contributed by atoms with E-state index in [-0.39, 0.29) is 0 Å². The molecule has 0 aromatic carbocycles. The van der Waals surface area contributed by atoms with Crippen molar-refractivity contribution in [3.8, 4) is 0 Å². The molecule has 1 fully saturated rings. The molecular weight excluding hydrogens is 150 g/mol. The lowest BCUT2D eigenvalue weighted by Gasteiger charge is -2.35. The molecule has 12 heavy (non-hydrogen) atoms. The molecule has 1 aliphatic heterocycles. The largest absolute Gasteiger partial charge is 0.385 e. The van der Waals surface area contributed by atoms with Crippen LogP contribution in [0.1, 0.15) is 32.6 Å². The Bertz CT molecular complexity index is 138. The molecule has 72 valence electrons. The lowest BCUT2D eigenvalue weighted by atomic mass is 9.90. The van der Waals surface area contributed by atoms with Gasteiger partial charge in [0, 0.05) is 19.3 Å². The minimum atomic E-state index is 0.454. The molecule has 1 heterocycles. The van der Waals surface area contributed by atoms with E-state index >= 15 is 0 Å². The third-order valence-electron chi connectivity index (χ3n) is 3.38. The number of methoxy groups -OCH3 is 1. The Balaban J connectivity index is 2.49. The number of ether oxygens (including phenoxy) is 1. The molecule has 0 aromatic heterocycles. The summed E-state index contributed by atoms with van der Waals surface area (Å²) in [6.07, 6.45) is 5.15. The van der Waals surface area contributed by atoms with Gasteiger partial charge in [0.1, 0.15) is 0 Å². The van der Waals surface area contributed by atoms with Crippen molar-refractivity contribution >= 4 is 0 Å². The van der Waals surface area contributed by atoms with Crippen molar-refractivity contribution in [2.45, 2.75) is 38.1 Å². The van der Waals surface area contributed by atoms with Crippen molar-refractivity contribution in [3.63, 3.8) is 0 Å². The Hall–Kier alpha value is -0.0800. The van der Waals surface area contributed by atoms with Crippen LogP contribution in [0.3, 0.4) is 0 Å². The molecule has 1 aliphatic rings. The van der Waals surface area contributed by atoms with E-state index < -0.39 is 0 Å². The summed E-state index contributed by atoms with van der Waals surface area (Å²) in [5.74, 6) is 0. The average Bonchev–Trinajstić information content (AvgIpc) is 2.45. The predicted octanol–water partition coefficient (Wildman–Crippen LogP) is 1.90. The van der Waals surface area contributed by atoms with Crippen molar-refractivity contribution in [2.75, 3.05) is 27.3 Å². The normalized spacial score (nSPS) is 31.2. The van der Waals surface area contributed by atoms with Crippen LogP contribution < -0.4 is 0 Å². The Morgan fingerprint density at radius 2 is 2.25 bits per heavy atom. The maximum absolute atomic E-state index is 5.15. The van der Waals surface area contributed by atoms with Crippen molar-refractivity contribution in [1.82, 2.24) is 4.90 Å². The van der Waals surface area contributed by atoms with E-state index in [4.69, 9.17) is 4.74 Å². The minimum absolute atomic E-state index is 0.454. The predicted molar refractivity (Wildman–Crippen MR) is 51.4 cm³/mol. The van der Waals surface area contributed by atoms with Crippen LogP contribution in [0.4, 0.5) is 0 Å². The average molecular weight is 171 g/mol. The highest BCUT2D eigenvalue weighted by molar-refractivity contribution is 4.92. The zero-order chi connectivity index (χ0) is 9.03. The molecule has 0 bridgehead atoms. The molecule has 2 nitrogen and oxygen atoms in total. The van der Waals surface area contributed by atoms with E-state index in [9.17, 15) is 0 Å². The Labute approximate surface area is 75.9 Å². The van der Waals surface area contributed by atoms with Gasteiger partial charge < -0.3 is 9.64 Å². The summed E-state index contributed by atoms with van der Waals surface area (Å²) in [7, 11) is 4.03. The van der Waals surface area contributed by atoms with Crippen molar-refractivity contribution in [1.29, 1.82) is 0 Å². The second kappa shape index (κ2) is 4.24. The molecular formula is C10H21NO. The van der Waals surface area contributed by atoms with Crippen LogP contribution in [0, 0.1) is 0 Å². The molecule has 2 heteroatoms. The van der Waals surface area contributed by atoms with Gasteiger partial charge in [-0.15, -0.1) is 0 Å². The van der Waals surface area contributed by atoms with Crippen LogP contribution in [0.5, 0.6) is 0 Å². The zero-order valence-electron chi connectivity index (χ0n) is 8.60. The van der Waals surface area contributed by atoms with Gasteiger partial charge in [-0.2, -0.15) is 0 Å². The second-order valence-electron chi connectivity index (χ2n) is 3.85. The van der Waals surface area contributed by atoms with Gasteiger partial charge in [-0.3, -0.25) is 0 Å². The van der Waals surface area contributed by atoms with Crippen LogP contribution >= 0.6 is 0 Å². The smallest absolute Gasteiger partial charge is 0.0479 e. The van der Waals surface area contributed by atoms with Crippen LogP contribution in [0.25, 0.3) is 0 Å². The maximum Gasteiger partial charge on any atom is 0.0479 e. The second-order valence-corrected chi connectivity index (χ2v) is 3.85. The quantitative estimate of drug-likeness (QED) is 0.640. The third-order valence-corrected chi connectivity index (χ3v) is 3.38. The molecule has 1 atom stereocenters. The van der Waals surface area contributed by atoms with Gasteiger partial charge in [-0.05, 0) is 39.3 Å². The van der Waals surface area contributed by atoms with Crippen LogP contribution in [0.15, 0.2) is 0 Å². The van der Waals surface area contributed by atoms with E-state index in [1.54, 1.807) is 7.11 Å². The van der Waals surface area contributed by atoms with Crippen molar-refractivity contribution in [2.24, 2.45) is 0 Å². The summed E-state index contributed by atoms with van der Waals surface area (Å²) in [5, 5.41) is 0. The molecule has 0 aromatic rings. The van der Waals surface area contributed by atoms with Gasteiger partial charge in [0.05, 0.1) is 0 Å². The Kier molecular flexibility index (Phi) is 3.53. The first-order valence-electron chi connectivity index (χ1n) is 4.95. The SMILES string of the molecule is CCC1(CCOC)CCCN1C. The lowest BCUT2D eigenvalue weighted by Crippen LogP contribution is -2.41. The van der Waals surface area contributed by atoms with Crippen LogP contribution in [-0.4, -0.2) is 37.7 Å². The van der Waals surface area contributed by atoms with E-state index in [1.165, 1.54) is 32.2 Å². The maximum atomic E-state index is 5.15. The molecule has 0 saturated carbocycles. The van der Waals surface area contributed by atoms with Crippen molar-refractivity contribution in [3.05, 3.63) is 0 Å². The van der Waals surface area contributed by atoms with Gasteiger partial charge >= 0.3 is 0 Å². The van der Waals surface area contributed by atoms with Crippen LogP contribution in [0.2, 0.25) is 0 Å². The van der Waals surface area contributed by atoms with E-state index in [0.717, 1.165) is 6.61 Å². The fourth-order valence-corrected chi connectivity index (χ4v) is 2.30. The number of likely N-dealkylation sites (tertiary alicyclic amines) is 1. The number of nitrogens with zero attached hydrogens (tertiary/aromatic N) is 1. The van der Waals surface area contributed by atoms with Gasteiger partial charge in [0.25, 0.3) is 0 Å². The molecule has 1 unspecified atom stereocenters. The zero-order valence-corrected chi connectivity index (χ0v) is 8.60. The summed E-state index contributed by atoms with van der Waals surface area (Å²) >= 11 is 0. The minimum Gasteiger partial charge on any atom is -0.385 e. The summed E-state index contributed by atoms with van der Waals surface area (Å²) < 4.78 is 5.15. The molecule has 0 amide bonds. The van der Waals surface area contributed by atoms with Crippen LogP contribution in [-0.2, 0) is 4.74 Å². The summed E-state index contributed by atoms with van der Waals surface area (Å²) in [6, 6.07) is 0. The highest BCUT2D eigenvalue weighted by Gasteiger charge is 2.36. The Morgan fingerprint density at radius 1 is 1.50 bits per heavy atom. The van der Waals surface area contributed by atoms with Gasteiger partial charge in [-0.25, -0.2) is 0 Å². The summed E-state index contributed by atoms with van der Waals surface area (Å²) in [4.78, 5) is 2.51. The molecule has 1 rings (SSSR count). The molecule has 0 N–H and O–H groups in total. The monoisotopic (exact) mass is 171 g/mol. The first-order chi connectivity index (χ1) is 5.75. The first-order valence-corrected chi connectivity index (χ1v) is 4.95. The highest BCUT2D eigenvalue weighted by Crippen LogP contribution is 2.33. The van der Waals surface area contributed by atoms with Gasteiger partial charge in [-0.1, -0.05) is 6.92 Å². The number of hydrogen-bond donors (Lipinski definition) is 0. The number of rotatable bonds is 4. The summed E-state index contributed by atoms with van der Waals surface area (Å²) in [6.45, 7) is 4.45. The fraction of sp³-hybridized carbons (Fsp3) is 1.00. The summed E-state index contributed by atoms with van der Waals surface area (Å²) in [5.41, 5.74) is 0.454. The lowest BCUT2D eigenvalue weighted by molar-refractivity contribution is 0.0987. The molecule has 0 spiro atoms. The highest BCUT2D eigenvalue weighted by atomic mass is 16.5. The topological polar surface area (TPSA) is 12.5 Å². The van der Waals surface area contributed by atoms with E-state index in [0.29, 0.717) is 5.54 Å². The van der Waals surface area contributed by atoms with E-state index in [1.807, 2.05) is 0 Å². The standard InChI is InChI=1S/C10H21NO/c1-4-10(7-9-12-3)6-5-8-11(10)2/h4-9H2,1-3H3. The van der Waals surface area contributed by atoms with Crippen molar-refractivity contribution < 1.29 is 4.74 Å². The van der Waals surface area contributed by atoms with E-state index in [2.05, 4.69) is 18.9 Å². The molecule has 1 saturated heterocycles. The molecule has 0 aliphatic carbocycles. The Morgan fingerprint density at radius 3 is 2.67 bits per heavy atom. The fourth-order valence-electron chi connectivity index (χ4n) is 2.30. The molecule has 0 radical (unpaired) electrons. The van der Waals surface area contributed by atoms with Gasteiger partial charge in [0.2, 0.25) is 0 Å². The first kappa shape index (κ1) is 10.0. The number of hydrogen-bond acceptors (Lipinski definition) is 2. The van der Waals surface area contributed by atoms with Gasteiger partial charge in [0.15, 0.2) is 0 Å². The third kappa shape index (κ3) is 1.80.